The highest BCUT2D eigenvalue weighted by molar-refractivity contribution is 9.10. The van der Waals surface area contributed by atoms with E-state index in [1.165, 1.54) is 12.1 Å². The molecule has 0 bridgehead atoms. The third-order valence-corrected chi connectivity index (χ3v) is 9.14. The number of nitrogens with zero attached hydrogens (tertiary/aromatic N) is 5. The molecule has 0 aliphatic carbocycles. The number of nitrogen functional groups attached to an aromatic ring is 1. The summed E-state index contributed by atoms with van der Waals surface area (Å²) in [5.41, 5.74) is 11.1. The molecule has 5 rings (SSSR count). The lowest BCUT2D eigenvalue weighted by Gasteiger charge is -2.24. The maximum atomic E-state index is 12.7. The summed E-state index contributed by atoms with van der Waals surface area (Å²) in [5, 5.41) is 4.23. The SMILES string of the molecule is COc1cc(N(C)CCN(C)C)c(N)cc1Nc1nccc(-c2cn(CCOS(=O)(=O)c3ccc(Br)cc3)c3ccccc23)n1. The van der Waals surface area contributed by atoms with Crippen LogP contribution in [0.3, 0.4) is 0 Å². The largest absolute Gasteiger partial charge is 0.494 e. The van der Waals surface area contributed by atoms with E-state index in [0.717, 1.165) is 39.7 Å². The van der Waals surface area contributed by atoms with Crippen molar-refractivity contribution in [3.63, 3.8) is 0 Å². The second-order valence-electron chi connectivity index (χ2n) is 10.7. The quantitative estimate of drug-likeness (QED) is 0.119. The number of hydrogen-bond donors (Lipinski definition) is 2. The van der Waals surface area contributed by atoms with Gasteiger partial charge in [0.2, 0.25) is 5.95 Å². The van der Waals surface area contributed by atoms with Gasteiger partial charge in [-0.25, -0.2) is 9.97 Å². The first kappa shape index (κ1) is 32.2. The van der Waals surface area contributed by atoms with E-state index in [9.17, 15) is 8.42 Å². The first-order chi connectivity index (χ1) is 21.6. The summed E-state index contributed by atoms with van der Waals surface area (Å²) in [7, 11) is 3.78. The fourth-order valence-corrected chi connectivity index (χ4v) is 6.06. The third kappa shape index (κ3) is 7.56. The minimum atomic E-state index is -3.89. The van der Waals surface area contributed by atoms with Crippen LogP contribution in [0.1, 0.15) is 0 Å². The zero-order valence-electron chi connectivity index (χ0n) is 25.6. The number of hydrogen-bond acceptors (Lipinski definition) is 10. The van der Waals surface area contributed by atoms with Crippen LogP contribution in [0.25, 0.3) is 22.2 Å². The Kier molecular flexibility index (Phi) is 9.93. The number of methoxy groups -OCH3 is 1. The first-order valence-electron chi connectivity index (χ1n) is 14.2. The molecule has 13 heteroatoms. The first-order valence-corrected chi connectivity index (χ1v) is 16.4. The van der Waals surface area contributed by atoms with Gasteiger partial charge in [0.25, 0.3) is 10.1 Å². The number of benzene rings is 3. The van der Waals surface area contributed by atoms with Crippen LogP contribution >= 0.6 is 15.9 Å². The topological polar surface area (TPSA) is 128 Å². The van der Waals surface area contributed by atoms with Crippen LogP contribution in [0.15, 0.2) is 88.5 Å². The van der Waals surface area contributed by atoms with E-state index in [2.05, 4.69) is 36.0 Å². The van der Waals surface area contributed by atoms with Crippen LogP contribution < -0.4 is 20.7 Å². The highest BCUT2D eigenvalue weighted by atomic mass is 79.9. The van der Waals surface area contributed by atoms with Crippen molar-refractivity contribution in [2.45, 2.75) is 11.4 Å². The molecule has 0 atom stereocenters. The van der Waals surface area contributed by atoms with E-state index >= 15 is 0 Å². The molecule has 0 unspecified atom stereocenters. The number of halogens is 1. The van der Waals surface area contributed by atoms with E-state index in [1.54, 1.807) is 25.4 Å². The maximum absolute atomic E-state index is 12.7. The van der Waals surface area contributed by atoms with Crippen molar-refractivity contribution >= 4 is 60.0 Å². The Labute approximate surface area is 271 Å². The van der Waals surface area contributed by atoms with Gasteiger partial charge < -0.3 is 30.2 Å². The minimum absolute atomic E-state index is 0.0331. The molecular weight excluding hydrogens is 658 g/mol. The van der Waals surface area contributed by atoms with Crippen molar-refractivity contribution in [1.29, 1.82) is 0 Å². The van der Waals surface area contributed by atoms with Gasteiger partial charge in [-0.15, -0.1) is 0 Å². The van der Waals surface area contributed by atoms with Gasteiger partial charge in [0.1, 0.15) is 5.75 Å². The van der Waals surface area contributed by atoms with Crippen molar-refractivity contribution in [3.8, 4) is 17.0 Å². The molecule has 0 fully saturated rings. The summed E-state index contributed by atoms with van der Waals surface area (Å²) in [6.07, 6.45) is 3.63. The molecule has 11 nitrogen and oxygen atoms in total. The molecule has 236 valence electrons. The van der Waals surface area contributed by atoms with Crippen LogP contribution in [-0.2, 0) is 20.8 Å². The van der Waals surface area contributed by atoms with Crippen LogP contribution in [0.4, 0.5) is 23.0 Å². The number of fused-ring (bicyclic) bond motifs is 1. The average Bonchev–Trinajstić information content (AvgIpc) is 3.39. The Morgan fingerprint density at radius 2 is 1.78 bits per heavy atom. The number of rotatable bonds is 13. The standard InChI is InChI=1S/C32H36BrN7O4S/c1-38(2)15-16-39(3)30-20-31(43-4)28(19-26(30)34)37-32-35-14-13-27(36-32)25-21-40(29-8-6-5-7-24(25)29)17-18-44-45(41,42)23-11-9-22(33)10-12-23/h5-14,19-21H,15-18,34H2,1-4H3,(H,35,36,37). The van der Waals surface area contributed by atoms with Gasteiger partial charge in [0.15, 0.2) is 0 Å². The Morgan fingerprint density at radius 3 is 2.51 bits per heavy atom. The molecule has 0 saturated heterocycles. The van der Waals surface area contributed by atoms with E-state index in [-0.39, 0.29) is 11.5 Å². The van der Waals surface area contributed by atoms with Gasteiger partial charge in [-0.2, -0.15) is 8.42 Å². The Morgan fingerprint density at radius 1 is 1.02 bits per heavy atom. The second kappa shape index (κ2) is 13.9. The van der Waals surface area contributed by atoms with Gasteiger partial charge in [-0.3, -0.25) is 4.18 Å². The van der Waals surface area contributed by atoms with E-state index in [1.807, 2.05) is 74.4 Å². The lowest BCUT2D eigenvalue weighted by atomic mass is 10.1. The zero-order chi connectivity index (χ0) is 32.1. The van der Waals surface area contributed by atoms with Crippen molar-refractivity contribution < 1.29 is 17.3 Å². The molecular formula is C32H36BrN7O4S. The average molecular weight is 695 g/mol. The highest BCUT2D eigenvalue weighted by Crippen LogP contribution is 2.37. The summed E-state index contributed by atoms with van der Waals surface area (Å²) in [6, 6.07) is 19.8. The van der Waals surface area contributed by atoms with Gasteiger partial charge in [-0.05, 0) is 56.6 Å². The number of likely N-dealkylation sites (N-methyl/N-ethyl adjacent to an activating group) is 2. The molecule has 0 amide bonds. The van der Waals surface area contributed by atoms with Crippen LogP contribution in [0.5, 0.6) is 5.75 Å². The molecule has 0 radical (unpaired) electrons. The number of nitrogens with two attached hydrogens (primary N) is 1. The summed E-state index contributed by atoms with van der Waals surface area (Å²) < 4.78 is 39.2. The molecule has 0 saturated carbocycles. The molecule has 0 aliphatic rings. The Hall–Kier alpha value is -4.17. The summed E-state index contributed by atoms with van der Waals surface area (Å²) in [6.45, 7) is 1.97. The fourth-order valence-electron chi connectivity index (χ4n) is 4.89. The smallest absolute Gasteiger partial charge is 0.297 e. The van der Waals surface area contributed by atoms with Gasteiger partial charge in [0.05, 0.1) is 41.4 Å². The number of anilines is 4. The van der Waals surface area contributed by atoms with Crippen LogP contribution in [-0.4, -0.2) is 75.8 Å². The van der Waals surface area contributed by atoms with E-state index < -0.39 is 10.1 Å². The molecule has 3 N–H and O–H groups in total. The number of para-hydroxylation sites is 1. The summed E-state index contributed by atoms with van der Waals surface area (Å²) >= 11 is 3.32. The molecule has 2 aromatic heterocycles. The van der Waals surface area contributed by atoms with Crippen molar-refractivity contribution in [3.05, 3.63) is 83.6 Å². The predicted octanol–water partition coefficient (Wildman–Crippen LogP) is 5.60. The molecule has 3 aromatic carbocycles. The zero-order valence-corrected chi connectivity index (χ0v) is 28.0. The highest BCUT2D eigenvalue weighted by Gasteiger charge is 2.18. The van der Waals surface area contributed by atoms with Crippen molar-refractivity contribution in [1.82, 2.24) is 19.4 Å². The Balaban J connectivity index is 1.37. The maximum Gasteiger partial charge on any atom is 0.297 e. The lowest BCUT2D eigenvalue weighted by molar-refractivity contribution is 0.302. The normalized spacial score (nSPS) is 11.7. The van der Waals surface area contributed by atoms with Gasteiger partial charge >= 0.3 is 0 Å². The second-order valence-corrected chi connectivity index (χ2v) is 13.2. The molecule has 0 aliphatic heterocycles. The molecule has 2 heterocycles. The number of nitrogens with one attached hydrogen (secondary N) is 1. The van der Waals surface area contributed by atoms with Gasteiger partial charge in [-0.1, -0.05) is 34.1 Å². The third-order valence-electron chi connectivity index (χ3n) is 7.28. The summed E-state index contributed by atoms with van der Waals surface area (Å²) in [5.74, 6) is 0.985. The van der Waals surface area contributed by atoms with Crippen LogP contribution in [0, 0.1) is 0 Å². The van der Waals surface area contributed by atoms with Crippen molar-refractivity contribution in [2.24, 2.45) is 0 Å². The number of aromatic nitrogens is 3. The monoisotopic (exact) mass is 693 g/mol. The van der Waals surface area contributed by atoms with Gasteiger partial charge in [0, 0.05) is 66.1 Å². The molecule has 45 heavy (non-hydrogen) atoms. The minimum Gasteiger partial charge on any atom is -0.494 e. The summed E-state index contributed by atoms with van der Waals surface area (Å²) in [4.78, 5) is 13.6. The van der Waals surface area contributed by atoms with E-state index in [0.29, 0.717) is 35.3 Å². The van der Waals surface area contributed by atoms with Crippen LogP contribution in [0.2, 0.25) is 0 Å². The fraction of sp³-hybridized carbons (Fsp3) is 0.250. The van der Waals surface area contributed by atoms with Crippen molar-refractivity contribution in [2.75, 3.05) is 63.9 Å². The lowest BCUT2D eigenvalue weighted by Crippen LogP contribution is -2.29. The Bertz CT molecular complexity index is 1900. The van der Waals surface area contributed by atoms with E-state index in [4.69, 9.17) is 19.6 Å². The molecule has 0 spiro atoms. The molecule has 5 aromatic rings. The number of ether oxygens (including phenoxy) is 1. The predicted molar refractivity (Wildman–Crippen MR) is 183 cm³/mol.